The third-order valence-corrected chi connectivity index (χ3v) is 4.00. The van der Waals surface area contributed by atoms with Gasteiger partial charge in [0.1, 0.15) is 0 Å². The van der Waals surface area contributed by atoms with Gasteiger partial charge in [0, 0.05) is 12.1 Å². The van der Waals surface area contributed by atoms with Crippen molar-refractivity contribution in [2.45, 2.75) is 39.8 Å². The Morgan fingerprint density at radius 2 is 1.85 bits per heavy atom. The van der Waals surface area contributed by atoms with Gasteiger partial charge in [-0.15, -0.1) is 6.58 Å². The van der Waals surface area contributed by atoms with Crippen LogP contribution in [0.1, 0.15) is 27.7 Å². The molecular weight excluding hydrogens is 205 g/mol. The molecule has 78 valence electrons. The van der Waals surface area contributed by atoms with E-state index in [1.807, 2.05) is 0 Å². The molecule has 0 aromatic heterocycles. The molecule has 0 aliphatic heterocycles. The lowest BCUT2D eigenvalue weighted by atomic mass is 10.3. The molecule has 0 aliphatic rings. The van der Waals surface area contributed by atoms with E-state index in [2.05, 4.69) is 38.9 Å². The fourth-order valence-electron chi connectivity index (χ4n) is 1.14. The lowest BCUT2D eigenvalue weighted by Crippen LogP contribution is -2.31. The standard InChI is InChI=1S/C9H19ClNOP/c1-6-7-12-13(10)11(8(2)3)9(4)5/h6,8-9H,1,7H2,2-5H3. The van der Waals surface area contributed by atoms with Crippen LogP contribution in [-0.2, 0) is 4.52 Å². The molecule has 1 atom stereocenters. The maximum Gasteiger partial charge on any atom is 0.207 e. The Morgan fingerprint density at radius 3 is 2.15 bits per heavy atom. The highest BCUT2D eigenvalue weighted by Crippen LogP contribution is 2.49. The van der Waals surface area contributed by atoms with Crippen LogP contribution >= 0.6 is 18.9 Å². The fraction of sp³-hybridized carbons (Fsp3) is 0.778. The zero-order valence-electron chi connectivity index (χ0n) is 8.83. The summed E-state index contributed by atoms with van der Waals surface area (Å²) in [4.78, 5) is 0. The van der Waals surface area contributed by atoms with Crippen LogP contribution < -0.4 is 0 Å². The Labute approximate surface area is 87.6 Å². The summed E-state index contributed by atoms with van der Waals surface area (Å²) in [6.07, 6.45) is 1.72. The summed E-state index contributed by atoms with van der Waals surface area (Å²) in [5.41, 5.74) is 0. The summed E-state index contributed by atoms with van der Waals surface area (Å²) in [7, 11) is -0.994. The van der Waals surface area contributed by atoms with E-state index in [4.69, 9.17) is 15.8 Å². The Balaban J connectivity index is 4.11. The highest BCUT2D eigenvalue weighted by Gasteiger charge is 2.22. The molecule has 0 amide bonds. The monoisotopic (exact) mass is 223 g/mol. The van der Waals surface area contributed by atoms with Gasteiger partial charge in [0.05, 0.1) is 6.61 Å². The van der Waals surface area contributed by atoms with E-state index in [1.54, 1.807) is 6.08 Å². The molecule has 0 aliphatic carbocycles. The highest BCUT2D eigenvalue weighted by atomic mass is 35.7. The van der Waals surface area contributed by atoms with E-state index in [9.17, 15) is 0 Å². The summed E-state index contributed by atoms with van der Waals surface area (Å²) in [5.74, 6) is 0. The number of hydrogen-bond acceptors (Lipinski definition) is 2. The van der Waals surface area contributed by atoms with Gasteiger partial charge < -0.3 is 4.52 Å². The van der Waals surface area contributed by atoms with Gasteiger partial charge in [-0.3, -0.25) is 0 Å². The molecule has 0 rings (SSSR count). The van der Waals surface area contributed by atoms with Gasteiger partial charge in [0.15, 0.2) is 0 Å². The van der Waals surface area contributed by atoms with Crippen LogP contribution in [0.25, 0.3) is 0 Å². The summed E-state index contributed by atoms with van der Waals surface area (Å²) >= 11 is 6.14. The molecule has 1 unspecified atom stereocenters. The van der Waals surface area contributed by atoms with E-state index in [0.29, 0.717) is 18.7 Å². The van der Waals surface area contributed by atoms with Crippen molar-refractivity contribution in [1.82, 2.24) is 4.67 Å². The van der Waals surface area contributed by atoms with Crippen LogP contribution in [0.4, 0.5) is 0 Å². The molecule has 0 heterocycles. The third kappa shape index (κ3) is 4.97. The van der Waals surface area contributed by atoms with Crippen molar-refractivity contribution in [3.63, 3.8) is 0 Å². The van der Waals surface area contributed by atoms with Crippen LogP contribution in [0, 0.1) is 0 Å². The van der Waals surface area contributed by atoms with E-state index in [-0.39, 0.29) is 0 Å². The first-order valence-corrected chi connectivity index (χ1v) is 6.60. The molecule has 0 N–H and O–H groups in total. The average Bonchev–Trinajstić information content (AvgIpc) is 1.99. The summed E-state index contributed by atoms with van der Waals surface area (Å²) < 4.78 is 7.58. The molecule has 0 aromatic carbocycles. The summed E-state index contributed by atoms with van der Waals surface area (Å²) in [5, 5.41) is 0. The zero-order chi connectivity index (χ0) is 10.4. The molecular formula is C9H19ClNOP. The van der Waals surface area contributed by atoms with E-state index in [0.717, 1.165) is 0 Å². The Kier molecular flexibility index (Phi) is 6.98. The molecule has 13 heavy (non-hydrogen) atoms. The molecule has 0 bridgehead atoms. The average molecular weight is 224 g/mol. The molecule has 0 spiro atoms. The maximum atomic E-state index is 6.14. The van der Waals surface area contributed by atoms with Gasteiger partial charge in [-0.25, -0.2) is 4.67 Å². The van der Waals surface area contributed by atoms with Crippen LogP contribution in [0.2, 0.25) is 0 Å². The minimum absolute atomic E-state index is 0.411. The van der Waals surface area contributed by atoms with E-state index >= 15 is 0 Å². The number of rotatable bonds is 6. The summed E-state index contributed by atoms with van der Waals surface area (Å²) in [6, 6.07) is 0.821. The molecule has 0 aromatic rings. The predicted molar refractivity (Wildman–Crippen MR) is 61.0 cm³/mol. The zero-order valence-corrected chi connectivity index (χ0v) is 10.5. The molecule has 0 fully saturated rings. The van der Waals surface area contributed by atoms with Gasteiger partial charge in [-0.2, -0.15) is 0 Å². The third-order valence-electron chi connectivity index (χ3n) is 1.54. The smallest absolute Gasteiger partial charge is 0.207 e. The van der Waals surface area contributed by atoms with E-state index in [1.165, 1.54) is 0 Å². The number of halogens is 1. The minimum atomic E-state index is -0.994. The largest absolute Gasteiger partial charge is 0.327 e. The Bertz CT molecular complexity index is 145. The second kappa shape index (κ2) is 6.78. The van der Waals surface area contributed by atoms with Crippen LogP contribution in [0.3, 0.4) is 0 Å². The van der Waals surface area contributed by atoms with Crippen molar-refractivity contribution in [2.24, 2.45) is 0 Å². The van der Waals surface area contributed by atoms with Crippen LogP contribution in [0.5, 0.6) is 0 Å². The van der Waals surface area contributed by atoms with Crippen LogP contribution in [0.15, 0.2) is 12.7 Å². The molecule has 0 saturated carbocycles. The highest BCUT2D eigenvalue weighted by molar-refractivity contribution is 7.78. The van der Waals surface area contributed by atoms with Crippen molar-refractivity contribution in [1.29, 1.82) is 0 Å². The lowest BCUT2D eigenvalue weighted by Gasteiger charge is -2.32. The SMILES string of the molecule is C=CCOP(Cl)N(C(C)C)C(C)C. The number of nitrogens with zero attached hydrogens (tertiary/aromatic N) is 1. The van der Waals surface area contributed by atoms with Crippen molar-refractivity contribution in [3.8, 4) is 0 Å². The van der Waals surface area contributed by atoms with Crippen molar-refractivity contribution in [3.05, 3.63) is 12.7 Å². The lowest BCUT2D eigenvalue weighted by molar-refractivity contribution is 0.277. The Morgan fingerprint density at radius 1 is 1.38 bits per heavy atom. The van der Waals surface area contributed by atoms with Gasteiger partial charge >= 0.3 is 0 Å². The van der Waals surface area contributed by atoms with Crippen molar-refractivity contribution >= 4 is 18.9 Å². The molecule has 4 heteroatoms. The van der Waals surface area contributed by atoms with Crippen molar-refractivity contribution < 1.29 is 4.52 Å². The first-order valence-electron chi connectivity index (χ1n) is 4.48. The molecule has 2 nitrogen and oxygen atoms in total. The Hall–Kier alpha value is 0.380. The first-order chi connectivity index (χ1) is 6.00. The minimum Gasteiger partial charge on any atom is -0.327 e. The van der Waals surface area contributed by atoms with E-state index < -0.39 is 7.65 Å². The second-order valence-corrected chi connectivity index (χ2v) is 5.42. The van der Waals surface area contributed by atoms with Crippen LogP contribution in [-0.4, -0.2) is 23.4 Å². The quantitative estimate of drug-likeness (QED) is 0.502. The van der Waals surface area contributed by atoms with Gasteiger partial charge in [0.25, 0.3) is 0 Å². The molecule has 0 saturated heterocycles. The fourth-order valence-corrected chi connectivity index (χ4v) is 3.44. The normalized spacial score (nSPS) is 14.2. The number of hydrogen-bond donors (Lipinski definition) is 0. The maximum absolute atomic E-state index is 6.14. The van der Waals surface area contributed by atoms with Crippen molar-refractivity contribution in [2.75, 3.05) is 6.61 Å². The van der Waals surface area contributed by atoms with Gasteiger partial charge in [-0.1, -0.05) is 6.08 Å². The predicted octanol–water partition coefficient (Wildman–Crippen LogP) is 3.77. The van der Waals surface area contributed by atoms with Gasteiger partial charge in [0.2, 0.25) is 7.65 Å². The summed E-state index contributed by atoms with van der Waals surface area (Å²) in [6.45, 7) is 12.6. The topological polar surface area (TPSA) is 12.5 Å². The second-order valence-electron chi connectivity index (χ2n) is 3.38. The first kappa shape index (κ1) is 13.4. The van der Waals surface area contributed by atoms with Gasteiger partial charge in [-0.05, 0) is 38.9 Å². The molecule has 0 radical (unpaired) electrons.